The molecule has 0 aliphatic rings. The summed E-state index contributed by atoms with van der Waals surface area (Å²) in [5.74, 6) is 0.834. The number of hydrogen-bond donors (Lipinski definition) is 0. The maximum Gasteiger partial charge on any atom is 0.219 e. The molecule has 6 heteroatoms. The van der Waals surface area contributed by atoms with Gasteiger partial charge in [-0.1, -0.05) is 11.6 Å². The largest absolute Gasteiger partial charge is 0.298 e. The molecule has 0 aliphatic heterocycles. The van der Waals surface area contributed by atoms with Crippen LogP contribution in [0.5, 0.6) is 0 Å². The molecule has 0 unspecified atom stereocenters. The van der Waals surface area contributed by atoms with Gasteiger partial charge in [0.1, 0.15) is 6.33 Å². The Labute approximate surface area is 160 Å². The summed E-state index contributed by atoms with van der Waals surface area (Å²) >= 11 is 6.08. The monoisotopic (exact) mass is 371 g/mol. The van der Waals surface area contributed by atoms with E-state index in [1.54, 1.807) is 12.5 Å². The molecule has 3 rings (SSSR count). The van der Waals surface area contributed by atoms with Gasteiger partial charge in [0, 0.05) is 53.8 Å². The topological polar surface area (TPSA) is 38.9 Å². The molecule has 26 heavy (non-hydrogen) atoms. The van der Waals surface area contributed by atoms with E-state index < -0.39 is 0 Å². The quantitative estimate of drug-likeness (QED) is 0.619. The number of hydrogen-bond acceptors (Lipinski definition) is 3. The number of nitrogens with zero attached hydrogens (tertiary/aromatic N) is 5. The number of imidazole rings is 2. The third kappa shape index (κ3) is 4.00. The van der Waals surface area contributed by atoms with Gasteiger partial charge in [0.05, 0.1) is 6.20 Å². The van der Waals surface area contributed by atoms with E-state index >= 15 is 0 Å². The van der Waals surface area contributed by atoms with E-state index in [9.17, 15) is 0 Å². The van der Waals surface area contributed by atoms with Crippen molar-refractivity contribution in [3.05, 3.63) is 59.9 Å². The van der Waals surface area contributed by atoms with E-state index in [4.69, 9.17) is 11.6 Å². The molecule has 5 nitrogen and oxygen atoms in total. The minimum atomic E-state index is 0.509. The summed E-state index contributed by atoms with van der Waals surface area (Å²) in [6.45, 7) is 9.96. The second kappa shape index (κ2) is 8.06. The molecule has 0 atom stereocenters. The minimum Gasteiger partial charge on any atom is -0.298 e. The van der Waals surface area contributed by atoms with Crippen LogP contribution in [-0.4, -0.2) is 42.6 Å². The van der Waals surface area contributed by atoms with Crippen LogP contribution in [0.3, 0.4) is 0 Å². The smallest absolute Gasteiger partial charge is 0.219 e. The molecule has 138 valence electrons. The molecule has 0 N–H and O–H groups in total. The number of aromatic nitrogens is 4. The Morgan fingerprint density at radius 1 is 1.08 bits per heavy atom. The van der Waals surface area contributed by atoms with Crippen LogP contribution in [0.1, 0.15) is 33.4 Å². The standard InChI is InChI=1S/C20H26ClN5/c1-15(2)25(16(3)4)11-9-19-13-23-20(24-12-10-22-14-24)26(19)18-7-5-17(21)6-8-18/h5-8,10,12-16H,9,11H2,1-4H3. The lowest BCUT2D eigenvalue weighted by atomic mass is 10.2. The van der Waals surface area contributed by atoms with Crippen molar-refractivity contribution in [3.8, 4) is 11.6 Å². The third-order valence-electron chi connectivity index (χ3n) is 4.59. The normalized spacial score (nSPS) is 11.8. The van der Waals surface area contributed by atoms with Gasteiger partial charge >= 0.3 is 0 Å². The maximum atomic E-state index is 6.08. The highest BCUT2D eigenvalue weighted by Gasteiger charge is 2.17. The van der Waals surface area contributed by atoms with Crippen molar-refractivity contribution in [2.45, 2.75) is 46.2 Å². The van der Waals surface area contributed by atoms with Gasteiger partial charge in [-0.2, -0.15) is 0 Å². The molecule has 2 heterocycles. The summed E-state index contributed by atoms with van der Waals surface area (Å²) in [5, 5.41) is 0.727. The van der Waals surface area contributed by atoms with Crippen LogP contribution >= 0.6 is 11.6 Å². The molecule has 0 aliphatic carbocycles. The average Bonchev–Trinajstić information content (AvgIpc) is 3.24. The van der Waals surface area contributed by atoms with Crippen LogP contribution < -0.4 is 0 Å². The molecule has 0 radical (unpaired) electrons. The third-order valence-corrected chi connectivity index (χ3v) is 4.84. The zero-order valence-electron chi connectivity index (χ0n) is 15.8. The Balaban J connectivity index is 1.96. The highest BCUT2D eigenvalue weighted by Crippen LogP contribution is 2.21. The predicted octanol–water partition coefficient (Wildman–Crippen LogP) is 4.37. The fourth-order valence-corrected chi connectivity index (χ4v) is 3.47. The van der Waals surface area contributed by atoms with Crippen molar-refractivity contribution in [1.29, 1.82) is 0 Å². The van der Waals surface area contributed by atoms with Gasteiger partial charge < -0.3 is 0 Å². The lowest BCUT2D eigenvalue weighted by Crippen LogP contribution is -2.38. The van der Waals surface area contributed by atoms with Gasteiger partial charge in [0.15, 0.2) is 0 Å². The summed E-state index contributed by atoms with van der Waals surface area (Å²) < 4.78 is 4.11. The van der Waals surface area contributed by atoms with Crippen LogP contribution in [0.2, 0.25) is 5.02 Å². The van der Waals surface area contributed by atoms with Gasteiger partial charge in [-0.3, -0.25) is 14.0 Å². The van der Waals surface area contributed by atoms with Gasteiger partial charge in [-0.15, -0.1) is 0 Å². The van der Waals surface area contributed by atoms with Gasteiger partial charge in [0.2, 0.25) is 5.95 Å². The molecule has 0 spiro atoms. The van der Waals surface area contributed by atoms with E-state index in [2.05, 4.69) is 47.1 Å². The zero-order chi connectivity index (χ0) is 18.7. The summed E-state index contributed by atoms with van der Waals surface area (Å²) in [5.41, 5.74) is 2.22. The van der Waals surface area contributed by atoms with E-state index in [1.807, 2.05) is 41.2 Å². The van der Waals surface area contributed by atoms with E-state index in [0.717, 1.165) is 29.6 Å². The summed E-state index contributed by atoms with van der Waals surface area (Å²) in [7, 11) is 0. The molecule has 0 fully saturated rings. The predicted molar refractivity (Wildman–Crippen MR) is 106 cm³/mol. The second-order valence-electron chi connectivity index (χ2n) is 7.01. The lowest BCUT2D eigenvalue weighted by Gasteiger charge is -2.30. The van der Waals surface area contributed by atoms with Crippen LogP contribution in [0.15, 0.2) is 49.2 Å². The van der Waals surface area contributed by atoms with E-state index in [0.29, 0.717) is 12.1 Å². The average molecular weight is 372 g/mol. The van der Waals surface area contributed by atoms with Crippen LogP contribution in [0.25, 0.3) is 11.6 Å². The highest BCUT2D eigenvalue weighted by atomic mass is 35.5. The van der Waals surface area contributed by atoms with Gasteiger partial charge in [-0.05, 0) is 52.0 Å². The van der Waals surface area contributed by atoms with Crippen molar-refractivity contribution >= 4 is 11.6 Å². The van der Waals surface area contributed by atoms with Crippen molar-refractivity contribution in [2.24, 2.45) is 0 Å². The molecule has 1 aromatic carbocycles. The first-order valence-electron chi connectivity index (χ1n) is 9.04. The van der Waals surface area contributed by atoms with Crippen molar-refractivity contribution in [2.75, 3.05) is 6.54 Å². The van der Waals surface area contributed by atoms with E-state index in [1.165, 1.54) is 5.69 Å². The Morgan fingerprint density at radius 2 is 1.77 bits per heavy atom. The SMILES string of the molecule is CC(C)N(CCc1cnc(-n2ccnc2)n1-c1ccc(Cl)cc1)C(C)C. The Hall–Kier alpha value is -2.11. The molecule has 3 aromatic rings. The van der Waals surface area contributed by atoms with Crippen LogP contribution in [0, 0.1) is 0 Å². The van der Waals surface area contributed by atoms with E-state index in [-0.39, 0.29) is 0 Å². The molecule has 0 amide bonds. The molecule has 2 aromatic heterocycles. The number of halogens is 1. The lowest BCUT2D eigenvalue weighted by molar-refractivity contribution is 0.176. The molecular formula is C20H26ClN5. The number of rotatable bonds is 7. The Bertz CT molecular complexity index is 811. The minimum absolute atomic E-state index is 0.509. The Morgan fingerprint density at radius 3 is 2.35 bits per heavy atom. The fourth-order valence-electron chi connectivity index (χ4n) is 3.34. The summed E-state index contributed by atoms with van der Waals surface area (Å²) in [6.07, 6.45) is 8.32. The molecule has 0 saturated carbocycles. The van der Waals surface area contributed by atoms with Crippen molar-refractivity contribution < 1.29 is 0 Å². The van der Waals surface area contributed by atoms with Crippen LogP contribution in [0.4, 0.5) is 0 Å². The van der Waals surface area contributed by atoms with Gasteiger partial charge in [0.25, 0.3) is 0 Å². The summed E-state index contributed by atoms with van der Waals surface area (Å²) in [4.78, 5) is 11.3. The molecule has 0 bridgehead atoms. The Kier molecular flexibility index (Phi) is 5.79. The molecule has 0 saturated heterocycles. The first-order chi connectivity index (χ1) is 12.5. The zero-order valence-corrected chi connectivity index (χ0v) is 16.6. The van der Waals surface area contributed by atoms with Crippen LogP contribution in [-0.2, 0) is 6.42 Å². The van der Waals surface area contributed by atoms with Crippen molar-refractivity contribution in [1.82, 2.24) is 24.0 Å². The first kappa shape index (κ1) is 18.7. The van der Waals surface area contributed by atoms with Crippen molar-refractivity contribution in [3.63, 3.8) is 0 Å². The second-order valence-corrected chi connectivity index (χ2v) is 7.44. The maximum absolute atomic E-state index is 6.08. The highest BCUT2D eigenvalue weighted by molar-refractivity contribution is 6.30. The summed E-state index contributed by atoms with van der Waals surface area (Å²) in [6, 6.07) is 8.89. The number of benzene rings is 1. The first-order valence-corrected chi connectivity index (χ1v) is 9.41. The molecular weight excluding hydrogens is 346 g/mol. The fraction of sp³-hybridized carbons (Fsp3) is 0.400. The van der Waals surface area contributed by atoms with Gasteiger partial charge in [-0.25, -0.2) is 9.97 Å².